The van der Waals surface area contributed by atoms with Crippen LogP contribution in [-0.2, 0) is 14.5 Å². The van der Waals surface area contributed by atoms with Crippen LogP contribution in [0.15, 0.2) is 68.6 Å². The highest BCUT2D eigenvalue weighted by Gasteiger charge is 2.24. The van der Waals surface area contributed by atoms with E-state index >= 15 is 0 Å². The SMILES string of the molecule is CC(C)S(=O)(=Nc1cc(N2CCOC[C@H]2C)nc2c(-c3ccn[nH]3)nccc12)c1ccc(Br)cc1. The number of benzene rings is 1. The maximum absolute atomic E-state index is 14.4. The van der Waals surface area contributed by atoms with Gasteiger partial charge in [-0.2, -0.15) is 9.46 Å². The minimum absolute atomic E-state index is 0.148. The molecule has 0 aliphatic carbocycles. The molecule has 1 fully saturated rings. The molecule has 0 spiro atoms. The smallest absolute Gasteiger partial charge is 0.131 e. The van der Waals surface area contributed by atoms with Crippen LogP contribution in [0.2, 0.25) is 0 Å². The van der Waals surface area contributed by atoms with Crippen molar-refractivity contribution in [2.75, 3.05) is 24.7 Å². The topological polar surface area (TPSA) is 96.4 Å². The minimum atomic E-state index is -2.78. The number of H-pyrrole nitrogens is 1. The van der Waals surface area contributed by atoms with Gasteiger partial charge in [-0.3, -0.25) is 10.1 Å². The van der Waals surface area contributed by atoms with E-state index in [0.717, 1.165) is 21.4 Å². The lowest BCUT2D eigenvalue weighted by atomic mass is 10.1. The average molecular weight is 556 g/mol. The number of pyridine rings is 2. The minimum Gasteiger partial charge on any atom is -0.377 e. The summed E-state index contributed by atoms with van der Waals surface area (Å²) in [5.41, 5.74) is 2.76. The van der Waals surface area contributed by atoms with Crippen molar-refractivity contribution in [1.29, 1.82) is 0 Å². The first-order chi connectivity index (χ1) is 16.9. The van der Waals surface area contributed by atoms with Crippen molar-refractivity contribution in [3.05, 3.63) is 59.3 Å². The molecule has 1 unspecified atom stereocenters. The number of rotatable bonds is 5. The Morgan fingerprint density at radius 1 is 1.20 bits per heavy atom. The highest BCUT2D eigenvalue weighted by Crippen LogP contribution is 2.37. The van der Waals surface area contributed by atoms with Gasteiger partial charge < -0.3 is 9.64 Å². The summed E-state index contributed by atoms with van der Waals surface area (Å²) in [7, 11) is -2.78. The number of ether oxygens (including phenoxy) is 1. The number of fused-ring (bicyclic) bond motifs is 1. The van der Waals surface area contributed by atoms with E-state index in [1.165, 1.54) is 0 Å². The third-order valence-electron chi connectivity index (χ3n) is 6.13. The fourth-order valence-corrected chi connectivity index (χ4v) is 6.30. The summed E-state index contributed by atoms with van der Waals surface area (Å²) in [6.45, 7) is 7.96. The second kappa shape index (κ2) is 9.67. The molecule has 3 aromatic heterocycles. The Labute approximate surface area is 213 Å². The molecule has 1 saturated heterocycles. The van der Waals surface area contributed by atoms with E-state index in [9.17, 15) is 4.21 Å². The third kappa shape index (κ3) is 4.57. The van der Waals surface area contributed by atoms with Crippen LogP contribution >= 0.6 is 15.9 Å². The van der Waals surface area contributed by atoms with Crippen molar-refractivity contribution in [3.63, 3.8) is 0 Å². The van der Waals surface area contributed by atoms with E-state index in [-0.39, 0.29) is 11.3 Å². The van der Waals surface area contributed by atoms with Crippen LogP contribution in [0.3, 0.4) is 0 Å². The van der Waals surface area contributed by atoms with E-state index in [0.29, 0.717) is 41.6 Å². The Kier molecular flexibility index (Phi) is 6.61. The predicted octanol–water partition coefficient (Wildman–Crippen LogP) is 5.57. The largest absolute Gasteiger partial charge is 0.377 e. The number of nitrogens with zero attached hydrogens (tertiary/aromatic N) is 5. The molecule has 35 heavy (non-hydrogen) atoms. The highest BCUT2D eigenvalue weighted by atomic mass is 79.9. The normalized spacial score (nSPS) is 18.1. The van der Waals surface area contributed by atoms with Gasteiger partial charge in [-0.25, -0.2) is 9.19 Å². The lowest BCUT2D eigenvalue weighted by molar-refractivity contribution is 0.0986. The molecule has 1 N–H and O–H groups in total. The van der Waals surface area contributed by atoms with Crippen molar-refractivity contribution < 1.29 is 8.95 Å². The zero-order valence-corrected chi connectivity index (χ0v) is 22.2. The summed E-state index contributed by atoms with van der Waals surface area (Å²) < 4.78 is 26.0. The number of hydrogen-bond acceptors (Lipinski definition) is 7. The number of aromatic amines is 1. The summed E-state index contributed by atoms with van der Waals surface area (Å²) >= 11 is 3.47. The lowest BCUT2D eigenvalue weighted by Gasteiger charge is -2.34. The summed E-state index contributed by atoms with van der Waals surface area (Å²) in [5, 5.41) is 7.67. The Hall–Kier alpha value is -2.82. The Morgan fingerprint density at radius 3 is 2.69 bits per heavy atom. The van der Waals surface area contributed by atoms with Crippen LogP contribution in [0.1, 0.15) is 20.8 Å². The first-order valence-electron chi connectivity index (χ1n) is 11.5. The number of hydrogen-bond donors (Lipinski definition) is 1. The fourth-order valence-electron chi connectivity index (χ4n) is 4.20. The molecule has 0 saturated carbocycles. The predicted molar refractivity (Wildman–Crippen MR) is 143 cm³/mol. The molecule has 4 heterocycles. The zero-order valence-electron chi connectivity index (χ0n) is 19.8. The van der Waals surface area contributed by atoms with Crippen molar-refractivity contribution in [1.82, 2.24) is 20.2 Å². The molecule has 10 heteroatoms. The van der Waals surface area contributed by atoms with Crippen LogP contribution in [0.4, 0.5) is 11.5 Å². The molecule has 8 nitrogen and oxygen atoms in total. The number of morpholine rings is 1. The molecular formula is C25H27BrN6O2S. The van der Waals surface area contributed by atoms with Gasteiger partial charge in [0.15, 0.2) is 0 Å². The van der Waals surface area contributed by atoms with Gasteiger partial charge in [0, 0.05) is 45.0 Å². The molecule has 0 radical (unpaired) electrons. The van der Waals surface area contributed by atoms with Gasteiger partial charge in [0.05, 0.1) is 40.4 Å². The maximum atomic E-state index is 14.4. The molecule has 4 aromatic rings. The second-order valence-corrected chi connectivity index (χ2v) is 12.5. The van der Waals surface area contributed by atoms with Crippen LogP contribution in [0.25, 0.3) is 22.3 Å². The van der Waals surface area contributed by atoms with Gasteiger partial charge in [0.1, 0.15) is 17.0 Å². The maximum Gasteiger partial charge on any atom is 0.131 e. The van der Waals surface area contributed by atoms with Gasteiger partial charge in [-0.15, -0.1) is 0 Å². The van der Waals surface area contributed by atoms with Gasteiger partial charge in [0.2, 0.25) is 0 Å². The lowest BCUT2D eigenvalue weighted by Crippen LogP contribution is -2.44. The quantitative estimate of drug-likeness (QED) is 0.346. The first kappa shape index (κ1) is 23.9. The molecule has 0 bridgehead atoms. The second-order valence-electron chi connectivity index (χ2n) is 8.81. The van der Waals surface area contributed by atoms with E-state index in [1.807, 2.05) is 56.3 Å². The molecule has 0 amide bonds. The Morgan fingerprint density at radius 2 is 2.00 bits per heavy atom. The average Bonchev–Trinajstić information content (AvgIpc) is 3.39. The third-order valence-corrected chi connectivity index (χ3v) is 9.36. The number of anilines is 1. The molecule has 182 valence electrons. The van der Waals surface area contributed by atoms with Crippen LogP contribution in [-0.4, -0.2) is 55.4 Å². The summed E-state index contributed by atoms with van der Waals surface area (Å²) in [5.74, 6) is 0.766. The number of nitrogens with one attached hydrogen (secondary N) is 1. The Balaban J connectivity index is 1.80. The molecule has 1 aliphatic heterocycles. The van der Waals surface area contributed by atoms with Gasteiger partial charge in [-0.1, -0.05) is 15.9 Å². The van der Waals surface area contributed by atoms with Crippen LogP contribution in [0.5, 0.6) is 0 Å². The molecule has 1 aliphatic rings. The van der Waals surface area contributed by atoms with Gasteiger partial charge in [-0.05, 0) is 57.2 Å². The van der Waals surface area contributed by atoms with Crippen molar-refractivity contribution in [3.8, 4) is 11.4 Å². The van der Waals surface area contributed by atoms with Crippen LogP contribution in [0, 0.1) is 0 Å². The van der Waals surface area contributed by atoms with Crippen molar-refractivity contribution in [2.45, 2.75) is 37.0 Å². The molecule has 1 aromatic carbocycles. The first-order valence-corrected chi connectivity index (χ1v) is 13.9. The van der Waals surface area contributed by atoms with Crippen LogP contribution < -0.4 is 4.90 Å². The molecular weight excluding hydrogens is 528 g/mol. The van der Waals surface area contributed by atoms with Crippen molar-refractivity contribution >= 4 is 48.1 Å². The van der Waals surface area contributed by atoms with E-state index in [2.05, 4.69) is 42.9 Å². The molecule has 5 rings (SSSR count). The van der Waals surface area contributed by atoms with E-state index in [4.69, 9.17) is 14.1 Å². The fraction of sp³-hybridized carbons (Fsp3) is 0.320. The number of halogens is 1. The van der Waals surface area contributed by atoms with E-state index in [1.54, 1.807) is 12.4 Å². The Bertz CT molecular complexity index is 1460. The monoisotopic (exact) mass is 554 g/mol. The summed E-state index contributed by atoms with van der Waals surface area (Å²) in [4.78, 5) is 12.5. The van der Waals surface area contributed by atoms with E-state index < -0.39 is 9.73 Å². The van der Waals surface area contributed by atoms with Gasteiger partial charge >= 0.3 is 0 Å². The zero-order chi connectivity index (χ0) is 24.6. The van der Waals surface area contributed by atoms with Crippen molar-refractivity contribution in [2.24, 2.45) is 4.36 Å². The summed E-state index contributed by atoms with van der Waals surface area (Å²) in [6.07, 6.45) is 3.42. The number of aromatic nitrogens is 4. The van der Waals surface area contributed by atoms with Gasteiger partial charge in [0.25, 0.3) is 0 Å². The highest BCUT2D eigenvalue weighted by molar-refractivity contribution is 9.10. The standard InChI is InChI=1S/C25H27BrN6O2S/c1-16(2)35(33,19-6-4-18(26)5-7-19)31-22-14-23(32-12-13-34-15-17(32)3)29-24-20(22)8-10-27-25(24)21-9-11-28-30-21/h4-11,14,16-17H,12-13,15H2,1-3H3,(H,28,30)/t17-,35?/m1/s1. The summed E-state index contributed by atoms with van der Waals surface area (Å²) in [6, 6.07) is 13.4. The molecule has 2 atom stereocenters.